The molecule has 0 aromatic heterocycles. The molecule has 1 unspecified atom stereocenters. The molecule has 0 saturated carbocycles. The van der Waals surface area contributed by atoms with Crippen LogP contribution in [0.3, 0.4) is 0 Å². The first-order chi connectivity index (χ1) is 13.4. The van der Waals surface area contributed by atoms with E-state index >= 15 is 0 Å². The number of hydrogen-bond acceptors (Lipinski definition) is 6. The van der Waals surface area contributed by atoms with Crippen molar-refractivity contribution in [2.24, 2.45) is 0 Å². The molecule has 0 radical (unpaired) electrons. The van der Waals surface area contributed by atoms with Crippen LogP contribution in [0.5, 0.6) is 11.5 Å². The van der Waals surface area contributed by atoms with Crippen molar-refractivity contribution in [1.29, 1.82) is 0 Å². The number of rotatable bonds is 5. The lowest BCUT2D eigenvalue weighted by Crippen LogP contribution is -2.41. The van der Waals surface area contributed by atoms with Gasteiger partial charge in [0.15, 0.2) is 0 Å². The van der Waals surface area contributed by atoms with E-state index in [2.05, 4.69) is 0 Å². The van der Waals surface area contributed by atoms with E-state index in [-0.39, 0.29) is 13.2 Å². The average Bonchev–Trinajstić information content (AvgIpc) is 2.80. The Hall–Kier alpha value is -3.13. The molecule has 0 saturated heterocycles. The van der Waals surface area contributed by atoms with Crippen molar-refractivity contribution in [2.45, 2.75) is 26.4 Å². The molecule has 1 aliphatic heterocycles. The molecule has 8 heteroatoms. The summed E-state index contributed by atoms with van der Waals surface area (Å²) in [6.45, 7) is 1.24. The minimum Gasteiger partial charge on any atom is -0.497 e. The zero-order valence-electron chi connectivity index (χ0n) is 15.7. The second-order valence-corrected chi connectivity index (χ2v) is 6.13. The Bertz CT molecular complexity index is 900. The van der Waals surface area contributed by atoms with Crippen molar-refractivity contribution in [3.8, 4) is 11.5 Å². The molecule has 0 fully saturated rings. The van der Waals surface area contributed by atoms with Gasteiger partial charge in [0.25, 0.3) is 12.2 Å². The van der Waals surface area contributed by atoms with Crippen LogP contribution in [0.1, 0.15) is 18.1 Å². The molecule has 0 bridgehead atoms. The number of carbonyl (C=O) groups is 2. The molecule has 1 amide bonds. The molecule has 0 aliphatic carbocycles. The molecule has 0 spiro atoms. The average molecular weight is 389 g/mol. The summed E-state index contributed by atoms with van der Waals surface area (Å²) in [5.74, 6) is -0.672. The number of fused-ring (bicyclic) bond motifs is 1. The summed E-state index contributed by atoms with van der Waals surface area (Å²) in [5.41, 5.74) is 1.60. The Labute approximate surface area is 161 Å². The van der Waals surface area contributed by atoms with Crippen molar-refractivity contribution < 1.29 is 32.9 Å². The smallest absolute Gasteiger partial charge is 0.305 e. The summed E-state index contributed by atoms with van der Waals surface area (Å²) in [7, 11) is 3.04. The number of esters is 1. The molecule has 2 aromatic carbocycles. The lowest BCUT2D eigenvalue weighted by atomic mass is 10.1. The highest BCUT2D eigenvalue weighted by Crippen LogP contribution is 2.32. The highest BCUT2D eigenvalue weighted by molar-refractivity contribution is 5.97. The zero-order chi connectivity index (χ0) is 20.3. The number of methoxy groups -OCH3 is 2. The maximum Gasteiger partial charge on any atom is 0.305 e. The van der Waals surface area contributed by atoms with Gasteiger partial charge in [-0.1, -0.05) is 6.07 Å². The third kappa shape index (κ3) is 4.07. The third-order valence-electron chi connectivity index (χ3n) is 4.29. The Kier molecular flexibility index (Phi) is 5.79. The molecule has 2 aromatic rings. The minimum absolute atomic E-state index is 0.00442. The number of ether oxygens (including phenoxy) is 4. The summed E-state index contributed by atoms with van der Waals surface area (Å²) in [5, 5.41) is 0. The van der Waals surface area contributed by atoms with E-state index < -0.39 is 24.0 Å². The van der Waals surface area contributed by atoms with Crippen LogP contribution in [0, 0.1) is 5.82 Å². The van der Waals surface area contributed by atoms with Crippen LogP contribution in [0.2, 0.25) is 0 Å². The third-order valence-corrected chi connectivity index (χ3v) is 4.29. The monoisotopic (exact) mass is 389 g/mol. The zero-order valence-corrected chi connectivity index (χ0v) is 15.7. The van der Waals surface area contributed by atoms with Gasteiger partial charge in [0.2, 0.25) is 0 Å². The van der Waals surface area contributed by atoms with E-state index in [0.29, 0.717) is 28.3 Å². The van der Waals surface area contributed by atoms with Crippen LogP contribution in [0.4, 0.5) is 10.1 Å². The number of benzene rings is 2. The topological polar surface area (TPSA) is 74.3 Å². The lowest BCUT2D eigenvalue weighted by Gasteiger charge is -2.25. The molecule has 1 aliphatic rings. The van der Waals surface area contributed by atoms with Gasteiger partial charge in [0, 0.05) is 24.1 Å². The van der Waals surface area contributed by atoms with Crippen molar-refractivity contribution >= 4 is 17.6 Å². The van der Waals surface area contributed by atoms with E-state index in [1.54, 1.807) is 18.2 Å². The normalized spacial score (nSPS) is 16.2. The molecule has 7 nitrogen and oxygen atoms in total. The van der Waals surface area contributed by atoms with Gasteiger partial charge in [-0.05, 0) is 24.3 Å². The van der Waals surface area contributed by atoms with E-state index in [9.17, 15) is 14.0 Å². The Morgan fingerprint density at radius 3 is 2.68 bits per heavy atom. The van der Waals surface area contributed by atoms with E-state index in [0.717, 1.165) is 0 Å². The minimum atomic E-state index is -1.42. The Morgan fingerprint density at radius 1 is 1.21 bits per heavy atom. The Morgan fingerprint density at radius 2 is 2.00 bits per heavy atom. The fourth-order valence-corrected chi connectivity index (χ4v) is 2.94. The number of anilines is 1. The number of nitrogens with zero attached hydrogens (tertiary/aromatic N) is 1. The van der Waals surface area contributed by atoms with Gasteiger partial charge in [-0.3, -0.25) is 9.59 Å². The van der Waals surface area contributed by atoms with Gasteiger partial charge in [0.1, 0.15) is 17.3 Å². The first-order valence-corrected chi connectivity index (χ1v) is 8.52. The molecular formula is C20H20FNO6. The van der Waals surface area contributed by atoms with E-state index in [4.69, 9.17) is 18.9 Å². The molecule has 0 N–H and O–H groups in total. The fraction of sp³-hybridized carbons (Fsp3) is 0.300. The maximum absolute atomic E-state index is 13.9. The largest absolute Gasteiger partial charge is 0.497 e. The van der Waals surface area contributed by atoms with Crippen LogP contribution in [-0.4, -0.2) is 32.4 Å². The summed E-state index contributed by atoms with van der Waals surface area (Å²) >= 11 is 0. The molecule has 1 heterocycles. The highest BCUT2D eigenvalue weighted by Gasteiger charge is 2.34. The second-order valence-electron chi connectivity index (χ2n) is 6.13. The summed E-state index contributed by atoms with van der Waals surface area (Å²) in [6, 6.07) is 9.23. The van der Waals surface area contributed by atoms with Crippen molar-refractivity contribution in [3.05, 3.63) is 53.3 Å². The standard InChI is InChI=1S/C20H20FNO6/c1-12(23)28-20-19(24)22(17-8-15(21)6-4-14(17)11-27-20)10-13-5-7-16(25-2)9-18(13)26-3/h4-9,20H,10-11H2,1-3H3. The van der Waals surface area contributed by atoms with E-state index in [1.165, 1.54) is 44.2 Å². The van der Waals surface area contributed by atoms with Gasteiger partial charge in [0.05, 0.1) is 33.1 Å². The number of hydrogen-bond donors (Lipinski definition) is 0. The van der Waals surface area contributed by atoms with Gasteiger partial charge in [-0.25, -0.2) is 4.39 Å². The SMILES string of the molecule is COc1ccc(CN2C(=O)C(OC(C)=O)OCc3ccc(F)cc32)c(OC)c1. The molecule has 148 valence electrons. The van der Waals surface area contributed by atoms with Crippen LogP contribution in [0.25, 0.3) is 0 Å². The molecule has 28 heavy (non-hydrogen) atoms. The van der Waals surface area contributed by atoms with Crippen molar-refractivity contribution in [2.75, 3.05) is 19.1 Å². The van der Waals surface area contributed by atoms with Crippen LogP contribution in [-0.2, 0) is 32.2 Å². The highest BCUT2D eigenvalue weighted by atomic mass is 19.1. The Balaban J connectivity index is 2.03. The summed E-state index contributed by atoms with van der Waals surface area (Å²) in [6.07, 6.45) is -1.42. The van der Waals surface area contributed by atoms with Crippen LogP contribution in [0.15, 0.2) is 36.4 Å². The number of amides is 1. The maximum atomic E-state index is 13.9. The predicted octanol–water partition coefficient (Wildman–Crippen LogP) is 2.80. The van der Waals surface area contributed by atoms with Crippen LogP contribution < -0.4 is 14.4 Å². The molecular weight excluding hydrogens is 369 g/mol. The van der Waals surface area contributed by atoms with Crippen molar-refractivity contribution in [3.63, 3.8) is 0 Å². The summed E-state index contributed by atoms with van der Waals surface area (Å²) in [4.78, 5) is 25.7. The van der Waals surface area contributed by atoms with Crippen LogP contribution >= 0.6 is 0 Å². The van der Waals surface area contributed by atoms with Gasteiger partial charge in [-0.2, -0.15) is 0 Å². The second kappa shape index (κ2) is 8.26. The fourth-order valence-electron chi connectivity index (χ4n) is 2.94. The summed E-state index contributed by atoms with van der Waals surface area (Å²) < 4.78 is 34.9. The van der Waals surface area contributed by atoms with Gasteiger partial charge >= 0.3 is 5.97 Å². The van der Waals surface area contributed by atoms with Gasteiger partial charge in [-0.15, -0.1) is 0 Å². The molecule has 3 rings (SSSR count). The van der Waals surface area contributed by atoms with E-state index in [1.807, 2.05) is 0 Å². The number of halogens is 1. The van der Waals surface area contributed by atoms with Crippen molar-refractivity contribution in [1.82, 2.24) is 0 Å². The quantitative estimate of drug-likeness (QED) is 0.732. The number of carbonyl (C=O) groups excluding carboxylic acids is 2. The first-order valence-electron chi connectivity index (χ1n) is 8.52. The predicted molar refractivity (Wildman–Crippen MR) is 97.5 cm³/mol. The molecule has 1 atom stereocenters. The van der Waals surface area contributed by atoms with Gasteiger partial charge < -0.3 is 23.8 Å². The lowest BCUT2D eigenvalue weighted by molar-refractivity contribution is -0.184. The first kappa shape index (κ1) is 19.6.